The van der Waals surface area contributed by atoms with Crippen LogP contribution in [0.15, 0.2) is 48.5 Å². The Morgan fingerprint density at radius 2 is 1.80 bits per heavy atom. The van der Waals surface area contributed by atoms with Gasteiger partial charge in [0, 0.05) is 19.6 Å². The van der Waals surface area contributed by atoms with E-state index in [1.807, 2.05) is 37.3 Å². The summed E-state index contributed by atoms with van der Waals surface area (Å²) in [7, 11) is 0. The summed E-state index contributed by atoms with van der Waals surface area (Å²) in [6.07, 6.45) is -3.34. The van der Waals surface area contributed by atoms with Gasteiger partial charge in [0.2, 0.25) is 0 Å². The number of rotatable bonds is 3. The fraction of sp³-hybridized carbons (Fsp3) is 0.400. The highest BCUT2D eigenvalue weighted by molar-refractivity contribution is 5.39. The highest BCUT2D eigenvalue weighted by atomic mass is 19.4. The molecule has 2 aromatic rings. The molecule has 2 nitrogen and oxygen atoms in total. The van der Waals surface area contributed by atoms with Crippen LogP contribution in [0.4, 0.5) is 13.2 Å². The molecule has 0 amide bonds. The van der Waals surface area contributed by atoms with Gasteiger partial charge in [-0.15, -0.1) is 0 Å². The number of nitrogens with zero attached hydrogens (tertiary/aromatic N) is 1. The highest BCUT2D eigenvalue weighted by Crippen LogP contribution is 2.35. The van der Waals surface area contributed by atoms with Gasteiger partial charge in [0.15, 0.2) is 0 Å². The lowest BCUT2D eigenvalue weighted by atomic mass is 9.92. The van der Waals surface area contributed by atoms with Crippen LogP contribution in [0.1, 0.15) is 34.7 Å². The molecule has 1 aliphatic rings. The molecule has 25 heavy (non-hydrogen) atoms. The summed E-state index contributed by atoms with van der Waals surface area (Å²) in [5.41, 5.74) is 2.29. The molecule has 1 saturated heterocycles. The number of nitrogens with one attached hydrogen (secondary N) is 1. The number of aryl methyl sites for hydroxylation is 1. The summed E-state index contributed by atoms with van der Waals surface area (Å²) in [4.78, 5) is 2.29. The van der Waals surface area contributed by atoms with E-state index in [2.05, 4.69) is 10.2 Å². The van der Waals surface area contributed by atoms with E-state index >= 15 is 0 Å². The smallest absolute Gasteiger partial charge is 0.315 e. The second kappa shape index (κ2) is 7.58. The first kappa shape index (κ1) is 18.0. The van der Waals surface area contributed by atoms with Crippen LogP contribution in [0, 0.1) is 6.92 Å². The van der Waals surface area contributed by atoms with Gasteiger partial charge >= 0.3 is 6.18 Å². The van der Waals surface area contributed by atoms with Crippen LogP contribution < -0.4 is 5.32 Å². The minimum Gasteiger partial charge on any atom is -0.315 e. The predicted molar refractivity (Wildman–Crippen MR) is 93.5 cm³/mol. The molecule has 0 spiro atoms. The molecular formula is C20H23F3N2. The Morgan fingerprint density at radius 3 is 2.56 bits per heavy atom. The molecule has 0 aliphatic carbocycles. The van der Waals surface area contributed by atoms with Gasteiger partial charge in [0.05, 0.1) is 11.6 Å². The summed E-state index contributed by atoms with van der Waals surface area (Å²) in [5, 5.41) is 3.36. The Hall–Kier alpha value is -1.85. The average molecular weight is 348 g/mol. The van der Waals surface area contributed by atoms with Gasteiger partial charge < -0.3 is 5.32 Å². The van der Waals surface area contributed by atoms with Crippen molar-refractivity contribution in [2.45, 2.75) is 25.6 Å². The van der Waals surface area contributed by atoms with Crippen LogP contribution in [-0.2, 0) is 6.18 Å². The largest absolute Gasteiger partial charge is 0.416 e. The minimum atomic E-state index is -4.33. The van der Waals surface area contributed by atoms with Gasteiger partial charge in [0.1, 0.15) is 0 Å². The van der Waals surface area contributed by atoms with E-state index in [1.54, 1.807) is 0 Å². The molecule has 1 aliphatic heterocycles. The van der Waals surface area contributed by atoms with Crippen molar-refractivity contribution < 1.29 is 13.2 Å². The van der Waals surface area contributed by atoms with Gasteiger partial charge in [-0.2, -0.15) is 13.2 Å². The van der Waals surface area contributed by atoms with Crippen molar-refractivity contribution in [3.05, 3.63) is 70.8 Å². The number of hydrogen-bond acceptors (Lipinski definition) is 2. The normalized spacial score (nSPS) is 17.9. The average Bonchev–Trinajstić information content (AvgIpc) is 2.86. The van der Waals surface area contributed by atoms with Crippen LogP contribution in [0.3, 0.4) is 0 Å². The van der Waals surface area contributed by atoms with Gasteiger partial charge in [-0.3, -0.25) is 4.90 Å². The topological polar surface area (TPSA) is 15.3 Å². The van der Waals surface area contributed by atoms with Crippen molar-refractivity contribution in [3.63, 3.8) is 0 Å². The summed E-state index contributed by atoms with van der Waals surface area (Å²) in [5.74, 6) is 0. The maximum absolute atomic E-state index is 13.2. The molecule has 1 heterocycles. The van der Waals surface area contributed by atoms with Crippen LogP contribution in [0.25, 0.3) is 0 Å². The third-order valence-corrected chi connectivity index (χ3v) is 4.75. The molecule has 134 valence electrons. The van der Waals surface area contributed by atoms with Crippen LogP contribution in [0.2, 0.25) is 0 Å². The Morgan fingerprint density at radius 1 is 1.00 bits per heavy atom. The molecule has 0 aromatic heterocycles. The quantitative estimate of drug-likeness (QED) is 0.884. The molecule has 0 radical (unpaired) electrons. The maximum atomic E-state index is 13.2. The molecule has 0 saturated carbocycles. The Labute approximate surface area is 146 Å². The van der Waals surface area contributed by atoms with E-state index in [9.17, 15) is 13.2 Å². The van der Waals surface area contributed by atoms with E-state index in [4.69, 9.17) is 0 Å². The third-order valence-electron chi connectivity index (χ3n) is 4.75. The molecule has 2 aromatic carbocycles. The first-order valence-corrected chi connectivity index (χ1v) is 8.64. The van der Waals surface area contributed by atoms with Crippen LogP contribution in [-0.4, -0.2) is 31.1 Å². The van der Waals surface area contributed by atoms with Crippen molar-refractivity contribution in [1.82, 2.24) is 10.2 Å². The molecule has 5 heteroatoms. The minimum absolute atomic E-state index is 0.164. The fourth-order valence-electron chi connectivity index (χ4n) is 3.49. The SMILES string of the molecule is Cc1ccccc1C(c1cccc(C(F)(F)F)c1)N1CCCNCC1. The molecule has 1 unspecified atom stereocenters. The second-order valence-electron chi connectivity index (χ2n) is 6.52. The number of hydrogen-bond donors (Lipinski definition) is 1. The standard InChI is InChI=1S/C20H23F3N2/c1-15-6-2-3-9-18(15)19(25-12-5-10-24-11-13-25)16-7-4-8-17(14-16)20(21,22)23/h2-4,6-9,14,19,24H,5,10-13H2,1H3. The number of alkyl halides is 3. The highest BCUT2D eigenvalue weighted by Gasteiger charge is 2.32. The van der Waals surface area contributed by atoms with Crippen molar-refractivity contribution in [1.29, 1.82) is 0 Å². The summed E-state index contributed by atoms with van der Waals surface area (Å²) in [6, 6.07) is 13.6. The molecule has 3 rings (SSSR count). The molecule has 0 bridgehead atoms. The predicted octanol–water partition coefficient (Wildman–Crippen LogP) is 4.40. The summed E-state index contributed by atoms with van der Waals surface area (Å²) >= 11 is 0. The van der Waals surface area contributed by atoms with Crippen LogP contribution in [0.5, 0.6) is 0 Å². The lowest BCUT2D eigenvalue weighted by Gasteiger charge is -2.32. The molecule has 1 fully saturated rings. The van der Waals surface area contributed by atoms with Gasteiger partial charge in [-0.25, -0.2) is 0 Å². The maximum Gasteiger partial charge on any atom is 0.416 e. The van der Waals surface area contributed by atoms with E-state index in [1.165, 1.54) is 12.1 Å². The van der Waals surface area contributed by atoms with Gasteiger partial charge in [-0.1, -0.05) is 36.4 Å². The van der Waals surface area contributed by atoms with Crippen molar-refractivity contribution in [2.24, 2.45) is 0 Å². The first-order chi connectivity index (χ1) is 12.0. The number of halogens is 3. The first-order valence-electron chi connectivity index (χ1n) is 8.64. The Kier molecular flexibility index (Phi) is 5.45. The van der Waals surface area contributed by atoms with Crippen molar-refractivity contribution in [2.75, 3.05) is 26.2 Å². The number of benzene rings is 2. The van der Waals surface area contributed by atoms with Crippen LogP contribution >= 0.6 is 0 Å². The Balaban J connectivity index is 2.06. The summed E-state index contributed by atoms with van der Waals surface area (Å²) < 4.78 is 39.6. The van der Waals surface area contributed by atoms with Gasteiger partial charge in [0.25, 0.3) is 0 Å². The zero-order chi connectivity index (χ0) is 17.9. The van der Waals surface area contributed by atoms with E-state index in [0.29, 0.717) is 5.56 Å². The van der Waals surface area contributed by atoms with Crippen molar-refractivity contribution >= 4 is 0 Å². The zero-order valence-corrected chi connectivity index (χ0v) is 14.3. The lowest BCUT2D eigenvalue weighted by Crippen LogP contribution is -2.33. The van der Waals surface area contributed by atoms with E-state index in [-0.39, 0.29) is 6.04 Å². The summed E-state index contributed by atoms with van der Waals surface area (Å²) in [6.45, 7) is 5.49. The second-order valence-corrected chi connectivity index (χ2v) is 6.52. The van der Waals surface area contributed by atoms with E-state index in [0.717, 1.165) is 49.8 Å². The lowest BCUT2D eigenvalue weighted by molar-refractivity contribution is -0.137. The zero-order valence-electron chi connectivity index (χ0n) is 14.3. The third kappa shape index (κ3) is 4.22. The molecular weight excluding hydrogens is 325 g/mol. The van der Waals surface area contributed by atoms with Crippen molar-refractivity contribution in [3.8, 4) is 0 Å². The monoisotopic (exact) mass is 348 g/mol. The fourth-order valence-corrected chi connectivity index (χ4v) is 3.49. The molecule has 1 atom stereocenters. The molecule has 1 N–H and O–H groups in total. The van der Waals surface area contributed by atoms with Gasteiger partial charge in [-0.05, 0) is 48.7 Å². The Bertz CT molecular complexity index is 704. The van der Waals surface area contributed by atoms with E-state index < -0.39 is 11.7 Å².